The van der Waals surface area contributed by atoms with Crippen LogP contribution in [0.25, 0.3) is 0 Å². The maximum absolute atomic E-state index is 2.82. The normalized spacial score (nSPS) is 12.7. The number of hydrogen-bond acceptors (Lipinski definition) is 0. The van der Waals surface area contributed by atoms with E-state index in [1.165, 1.54) is 12.8 Å². The Morgan fingerprint density at radius 1 is 0.778 bits per heavy atom. The second-order valence-electron chi connectivity index (χ2n) is 5.70. The molecule has 0 radical (unpaired) electrons. The van der Waals surface area contributed by atoms with E-state index in [2.05, 4.69) is 82.4 Å². The molecule has 0 aromatic heterocycles. The molecule has 0 spiro atoms. The van der Waals surface area contributed by atoms with Crippen LogP contribution in [0.15, 0.2) is 0 Å². The first kappa shape index (κ1) is 22.1. The Bertz CT molecular complexity index is 191. The fraction of sp³-hybridized carbons (Fsp3) is 1.00. The van der Waals surface area contributed by atoms with Crippen LogP contribution in [0, 0.1) is 11.8 Å². The molecular weight excluding hydrogens is 734 g/mol. The predicted octanol–water partition coefficient (Wildman–Crippen LogP) is 6.58. The summed E-state index contributed by atoms with van der Waals surface area (Å²) in [6.45, 7) is 2.39. The third-order valence-corrected chi connectivity index (χ3v) is 19.7. The van der Waals surface area contributed by atoms with Gasteiger partial charge in [-0.15, -0.1) is 0 Å². The summed E-state index contributed by atoms with van der Waals surface area (Å²) in [4.78, 5) is 4.96. The van der Waals surface area contributed by atoms with Gasteiger partial charge in [0.1, 0.15) is 0 Å². The molecule has 0 aliphatic carbocycles. The van der Waals surface area contributed by atoms with Crippen LogP contribution in [0.3, 0.4) is 0 Å². The monoisotopic (exact) mass is 758 g/mol. The van der Waals surface area contributed by atoms with Gasteiger partial charge in [0.25, 0.3) is 0 Å². The number of halogens is 3. The molecule has 0 aromatic rings. The predicted molar refractivity (Wildman–Crippen MR) is 118 cm³/mol. The standard InChI is InChI=1S/C9H17.3CH3.3Ga.3HI/c1-5-7-9(6-2)8(3)4;;;;;;;;;/h8-9H,2-7H2,1H3;3*1H3;;;;3*1H/q;;;;3*+1;;;/p-3. The summed E-state index contributed by atoms with van der Waals surface area (Å²) in [6.07, 6.45) is 4.52. The molecule has 0 amide bonds. The van der Waals surface area contributed by atoms with Crippen LogP contribution in [0.4, 0.5) is 0 Å². The molecule has 0 heterocycles. The van der Waals surface area contributed by atoms with Gasteiger partial charge in [0, 0.05) is 0 Å². The Labute approximate surface area is 163 Å². The van der Waals surface area contributed by atoms with Crippen molar-refractivity contribution in [3.8, 4) is 0 Å². The molecule has 0 bridgehead atoms. The Morgan fingerprint density at radius 3 is 1.61 bits per heavy atom. The summed E-state index contributed by atoms with van der Waals surface area (Å²) in [5, 5.41) is 0. The van der Waals surface area contributed by atoms with Crippen molar-refractivity contribution in [2.45, 2.75) is 57.5 Å². The van der Waals surface area contributed by atoms with Gasteiger partial charge in [0.15, 0.2) is 0 Å². The Morgan fingerprint density at radius 2 is 1.28 bits per heavy atom. The van der Waals surface area contributed by atoms with Gasteiger partial charge in [-0.2, -0.15) is 0 Å². The molecule has 1 unspecified atom stereocenters. The van der Waals surface area contributed by atoms with Gasteiger partial charge >= 0.3 is 166 Å². The molecule has 0 fully saturated rings. The van der Waals surface area contributed by atoms with Crippen LogP contribution in [0.2, 0.25) is 31.4 Å². The summed E-state index contributed by atoms with van der Waals surface area (Å²) >= 11 is 5.93. The van der Waals surface area contributed by atoms with E-state index in [4.69, 9.17) is 0 Å². The van der Waals surface area contributed by atoms with E-state index in [1.807, 2.05) is 0 Å². The molecule has 6 heteroatoms. The number of hydrogen-bond donors (Lipinski definition) is 0. The van der Waals surface area contributed by atoms with E-state index in [0.717, 1.165) is 11.8 Å². The van der Waals surface area contributed by atoms with Crippen molar-refractivity contribution >= 4 is 97.0 Å². The topological polar surface area (TPSA) is 0 Å². The molecule has 0 aliphatic rings. The van der Waals surface area contributed by atoms with Crippen molar-refractivity contribution in [1.29, 1.82) is 0 Å². The van der Waals surface area contributed by atoms with Gasteiger partial charge < -0.3 is 0 Å². The van der Waals surface area contributed by atoms with Crippen LogP contribution >= 0.6 is 59.0 Å². The Hall–Kier alpha value is 4.10. The summed E-state index contributed by atoms with van der Waals surface area (Å²) in [7, 11) is 0. The average Bonchev–Trinajstić information content (AvgIpc) is 2.21. The molecule has 0 saturated heterocycles. The Balaban J connectivity index is 4.50. The van der Waals surface area contributed by atoms with Gasteiger partial charge in [-0.3, -0.25) is 0 Å². The quantitative estimate of drug-likeness (QED) is 0.175. The first-order valence-corrected chi connectivity index (χ1v) is 41.9. The summed E-state index contributed by atoms with van der Waals surface area (Å²) < 4.78 is 0. The molecule has 104 valence electrons. The summed E-state index contributed by atoms with van der Waals surface area (Å²) in [6, 6.07) is 0. The first-order valence-electron chi connectivity index (χ1n) is 7.28. The van der Waals surface area contributed by atoms with E-state index in [1.54, 1.807) is 21.3 Å². The van der Waals surface area contributed by atoms with Crippen molar-refractivity contribution in [3.05, 3.63) is 0 Å². The zero-order valence-electron chi connectivity index (χ0n) is 12.3. The van der Waals surface area contributed by atoms with E-state index in [0.29, 0.717) is 0 Å². The van der Waals surface area contributed by atoms with E-state index in [-0.39, 0.29) is 0 Å². The third kappa shape index (κ3) is 12.6. The van der Waals surface area contributed by atoms with Gasteiger partial charge in [-0.05, 0) is 0 Å². The maximum atomic E-state index is 2.82. The van der Waals surface area contributed by atoms with Crippen LogP contribution in [0.1, 0.15) is 26.2 Å². The fourth-order valence-electron chi connectivity index (χ4n) is 2.75. The van der Waals surface area contributed by atoms with Crippen molar-refractivity contribution in [3.63, 3.8) is 0 Å². The SMILES string of the molecule is CCCC(C[CH2][Ga]([CH3])[I])C([CH2][Ga]([CH3])[I])[CH2][Ga]([CH3])[I]. The first-order chi connectivity index (χ1) is 8.36. The van der Waals surface area contributed by atoms with E-state index >= 15 is 0 Å². The van der Waals surface area contributed by atoms with Crippen molar-refractivity contribution in [2.75, 3.05) is 0 Å². The minimum absolute atomic E-state index is 0.797. The Kier molecular flexibility index (Phi) is 16.6. The van der Waals surface area contributed by atoms with Gasteiger partial charge in [-0.1, -0.05) is 0 Å². The third-order valence-electron chi connectivity index (χ3n) is 3.52. The molecule has 0 nitrogen and oxygen atoms in total. The van der Waals surface area contributed by atoms with E-state index in [9.17, 15) is 0 Å². The zero-order valence-corrected chi connectivity index (χ0v) is 26.0. The fourth-order valence-corrected chi connectivity index (χ4v) is 20.9. The molecule has 0 rings (SSSR count). The van der Waals surface area contributed by atoms with Gasteiger partial charge in [0.05, 0.1) is 0 Å². The molecule has 0 aliphatic heterocycles. The molecule has 0 N–H and O–H groups in total. The average molecular weight is 760 g/mol. The molecule has 1 atom stereocenters. The van der Waals surface area contributed by atoms with Crippen molar-refractivity contribution in [1.82, 2.24) is 0 Å². The van der Waals surface area contributed by atoms with Crippen molar-refractivity contribution in [2.24, 2.45) is 11.8 Å². The van der Waals surface area contributed by atoms with Crippen LogP contribution in [-0.2, 0) is 0 Å². The zero-order chi connectivity index (χ0) is 14.1. The molecule has 0 saturated carbocycles. The van der Waals surface area contributed by atoms with Gasteiger partial charge in [0.2, 0.25) is 0 Å². The van der Waals surface area contributed by atoms with E-state index < -0.39 is 38.0 Å². The molecular formula is C12H26Ga3I3. The summed E-state index contributed by atoms with van der Waals surface area (Å²) in [5.41, 5.74) is 7.74. The van der Waals surface area contributed by atoms with Crippen LogP contribution in [-0.4, -0.2) is 38.0 Å². The van der Waals surface area contributed by atoms with Gasteiger partial charge in [-0.25, -0.2) is 0 Å². The van der Waals surface area contributed by atoms with Crippen LogP contribution in [0.5, 0.6) is 0 Å². The summed E-state index contributed by atoms with van der Waals surface area (Å²) in [5.74, 6) is 2.24. The molecule has 0 aromatic carbocycles. The minimum atomic E-state index is -0.853. The van der Waals surface area contributed by atoms with Crippen molar-refractivity contribution < 1.29 is 0 Å². The number of rotatable bonds is 10. The molecule has 18 heavy (non-hydrogen) atoms. The van der Waals surface area contributed by atoms with Crippen LogP contribution < -0.4 is 0 Å². The second-order valence-corrected chi connectivity index (χ2v) is 51.9. The second kappa shape index (κ2) is 13.5.